The highest BCUT2D eigenvalue weighted by Crippen LogP contribution is 2.32. The molecule has 2 heterocycles. The number of carbonyl (C=O) groups is 2. The number of amides is 2. The number of ether oxygens (including phenoxy) is 2. The summed E-state index contributed by atoms with van der Waals surface area (Å²) in [5.74, 6) is 0.730. The molecule has 0 aromatic heterocycles. The second kappa shape index (κ2) is 7.98. The molecule has 0 saturated carbocycles. The van der Waals surface area contributed by atoms with Crippen molar-refractivity contribution in [3.8, 4) is 11.5 Å². The van der Waals surface area contributed by atoms with Gasteiger partial charge in [-0.05, 0) is 30.3 Å². The van der Waals surface area contributed by atoms with Gasteiger partial charge in [-0.15, -0.1) is 0 Å². The van der Waals surface area contributed by atoms with Crippen molar-refractivity contribution in [3.05, 3.63) is 53.1 Å². The number of carbonyl (C=O) groups excluding carboxylic acids is 2. The predicted octanol–water partition coefficient (Wildman–Crippen LogP) is 2.15. The largest absolute Gasteiger partial charge is 0.454 e. The summed E-state index contributed by atoms with van der Waals surface area (Å²) in [6, 6.07) is 12.6. The van der Waals surface area contributed by atoms with E-state index in [9.17, 15) is 9.59 Å². The summed E-state index contributed by atoms with van der Waals surface area (Å²) in [5.41, 5.74) is 1.41. The molecule has 0 aliphatic carbocycles. The zero-order valence-electron chi connectivity index (χ0n) is 15.2. The first kappa shape index (κ1) is 18.4. The van der Waals surface area contributed by atoms with Crippen LogP contribution in [0.3, 0.4) is 0 Å². The van der Waals surface area contributed by atoms with Gasteiger partial charge in [-0.2, -0.15) is 0 Å². The quantitative estimate of drug-likeness (QED) is 0.850. The van der Waals surface area contributed by atoms with Gasteiger partial charge >= 0.3 is 0 Å². The molecular weight excluding hydrogens is 382 g/mol. The standard InChI is InChI=1S/C20H20ClN3O4/c21-15-3-1-2-4-16(15)23-7-9-24(10-8-23)19(25)12-22-20(26)14-5-6-17-18(11-14)28-13-27-17/h1-6,11H,7-10,12-13H2,(H,22,26). The number of para-hydroxylation sites is 1. The smallest absolute Gasteiger partial charge is 0.251 e. The molecule has 146 valence electrons. The summed E-state index contributed by atoms with van der Waals surface area (Å²) in [6.45, 7) is 2.68. The Balaban J connectivity index is 1.28. The first-order valence-corrected chi connectivity index (χ1v) is 9.45. The van der Waals surface area contributed by atoms with Crippen molar-refractivity contribution in [2.45, 2.75) is 0 Å². The molecule has 1 N–H and O–H groups in total. The molecule has 4 rings (SSSR count). The first-order valence-electron chi connectivity index (χ1n) is 9.07. The first-order chi connectivity index (χ1) is 13.6. The van der Waals surface area contributed by atoms with Gasteiger partial charge in [0.2, 0.25) is 12.7 Å². The number of halogens is 1. The third kappa shape index (κ3) is 3.84. The van der Waals surface area contributed by atoms with E-state index in [1.165, 1.54) is 0 Å². The molecule has 0 radical (unpaired) electrons. The lowest BCUT2D eigenvalue weighted by Crippen LogP contribution is -2.51. The van der Waals surface area contributed by atoms with Crippen molar-refractivity contribution in [3.63, 3.8) is 0 Å². The Morgan fingerprint density at radius 2 is 1.75 bits per heavy atom. The van der Waals surface area contributed by atoms with E-state index in [2.05, 4.69) is 10.2 Å². The molecule has 2 aliphatic rings. The fourth-order valence-corrected chi connectivity index (χ4v) is 3.57. The maximum atomic E-state index is 12.5. The Hall–Kier alpha value is -2.93. The fourth-order valence-electron chi connectivity index (χ4n) is 3.31. The van der Waals surface area contributed by atoms with Crippen LogP contribution in [-0.2, 0) is 4.79 Å². The van der Waals surface area contributed by atoms with E-state index < -0.39 is 0 Å². The van der Waals surface area contributed by atoms with E-state index in [-0.39, 0.29) is 25.2 Å². The topological polar surface area (TPSA) is 71.1 Å². The van der Waals surface area contributed by atoms with E-state index in [1.54, 1.807) is 23.1 Å². The third-order valence-electron chi connectivity index (χ3n) is 4.86. The molecule has 0 unspecified atom stereocenters. The van der Waals surface area contributed by atoms with E-state index in [1.807, 2.05) is 24.3 Å². The Bertz CT molecular complexity index is 897. The van der Waals surface area contributed by atoms with E-state index in [4.69, 9.17) is 21.1 Å². The van der Waals surface area contributed by atoms with Crippen LogP contribution in [0.25, 0.3) is 0 Å². The van der Waals surface area contributed by atoms with Crippen molar-refractivity contribution in [1.82, 2.24) is 10.2 Å². The number of hydrogen-bond acceptors (Lipinski definition) is 5. The Morgan fingerprint density at radius 3 is 2.54 bits per heavy atom. The Labute approximate surface area is 167 Å². The van der Waals surface area contributed by atoms with Gasteiger partial charge in [0, 0.05) is 31.7 Å². The zero-order valence-corrected chi connectivity index (χ0v) is 15.9. The Kier molecular flexibility index (Phi) is 5.25. The van der Waals surface area contributed by atoms with Gasteiger partial charge in [0.1, 0.15) is 0 Å². The van der Waals surface area contributed by atoms with Crippen molar-refractivity contribution in [2.24, 2.45) is 0 Å². The number of anilines is 1. The third-order valence-corrected chi connectivity index (χ3v) is 5.18. The summed E-state index contributed by atoms with van der Waals surface area (Å²) in [5, 5.41) is 3.38. The summed E-state index contributed by atoms with van der Waals surface area (Å²) in [4.78, 5) is 28.7. The molecule has 1 fully saturated rings. The molecule has 2 aromatic carbocycles. The molecule has 0 atom stereocenters. The van der Waals surface area contributed by atoms with Crippen LogP contribution in [-0.4, -0.2) is 56.2 Å². The van der Waals surface area contributed by atoms with Crippen LogP contribution in [0.15, 0.2) is 42.5 Å². The van der Waals surface area contributed by atoms with Crippen LogP contribution in [0.4, 0.5) is 5.69 Å². The molecular formula is C20H20ClN3O4. The number of rotatable bonds is 4. The van der Waals surface area contributed by atoms with Crippen molar-refractivity contribution >= 4 is 29.1 Å². The molecule has 28 heavy (non-hydrogen) atoms. The van der Waals surface area contributed by atoms with Gasteiger partial charge in [0.15, 0.2) is 11.5 Å². The molecule has 2 aliphatic heterocycles. The molecule has 8 heteroatoms. The van der Waals surface area contributed by atoms with Crippen LogP contribution < -0.4 is 19.7 Å². The minimum absolute atomic E-state index is 0.0423. The van der Waals surface area contributed by atoms with Crippen molar-refractivity contribution in [2.75, 3.05) is 44.4 Å². The molecule has 2 amide bonds. The normalized spacial score (nSPS) is 15.5. The summed E-state index contributed by atoms with van der Waals surface area (Å²) in [6.07, 6.45) is 0. The highest BCUT2D eigenvalue weighted by Gasteiger charge is 2.23. The van der Waals surface area contributed by atoms with Crippen LogP contribution in [0, 0.1) is 0 Å². The van der Waals surface area contributed by atoms with Crippen LogP contribution in [0.2, 0.25) is 5.02 Å². The average molecular weight is 402 g/mol. The van der Waals surface area contributed by atoms with Gasteiger partial charge in [-0.3, -0.25) is 9.59 Å². The molecule has 2 aromatic rings. The van der Waals surface area contributed by atoms with E-state index in [0.717, 1.165) is 5.69 Å². The van der Waals surface area contributed by atoms with E-state index >= 15 is 0 Å². The van der Waals surface area contributed by atoms with Gasteiger partial charge in [0.05, 0.1) is 17.3 Å². The molecule has 0 spiro atoms. The Morgan fingerprint density at radius 1 is 1.00 bits per heavy atom. The average Bonchev–Trinajstić information content (AvgIpc) is 3.20. The van der Waals surface area contributed by atoms with Crippen LogP contribution >= 0.6 is 11.6 Å². The SMILES string of the molecule is O=C(NCC(=O)N1CCN(c2ccccc2Cl)CC1)c1ccc2c(c1)OCO2. The molecule has 0 bridgehead atoms. The summed E-state index contributed by atoms with van der Waals surface area (Å²) < 4.78 is 10.5. The highest BCUT2D eigenvalue weighted by atomic mass is 35.5. The number of nitrogens with zero attached hydrogens (tertiary/aromatic N) is 2. The molecule has 7 nitrogen and oxygen atoms in total. The lowest BCUT2D eigenvalue weighted by atomic mass is 10.2. The summed E-state index contributed by atoms with van der Waals surface area (Å²) >= 11 is 6.25. The fraction of sp³-hybridized carbons (Fsp3) is 0.300. The second-order valence-electron chi connectivity index (χ2n) is 6.57. The maximum absolute atomic E-state index is 12.5. The number of hydrogen-bond donors (Lipinski definition) is 1. The van der Waals surface area contributed by atoms with Crippen molar-refractivity contribution in [1.29, 1.82) is 0 Å². The number of benzene rings is 2. The highest BCUT2D eigenvalue weighted by molar-refractivity contribution is 6.33. The van der Waals surface area contributed by atoms with E-state index in [0.29, 0.717) is 48.3 Å². The number of piperazine rings is 1. The predicted molar refractivity (Wildman–Crippen MR) is 105 cm³/mol. The van der Waals surface area contributed by atoms with Crippen LogP contribution in [0.5, 0.6) is 11.5 Å². The minimum atomic E-state index is -0.318. The van der Waals surface area contributed by atoms with Crippen molar-refractivity contribution < 1.29 is 19.1 Å². The number of fused-ring (bicyclic) bond motifs is 1. The van der Waals surface area contributed by atoms with Crippen LogP contribution in [0.1, 0.15) is 10.4 Å². The lowest BCUT2D eigenvalue weighted by Gasteiger charge is -2.36. The zero-order chi connectivity index (χ0) is 19.5. The minimum Gasteiger partial charge on any atom is -0.454 e. The van der Waals surface area contributed by atoms with Gasteiger partial charge in [-0.1, -0.05) is 23.7 Å². The van der Waals surface area contributed by atoms with Gasteiger partial charge in [0.25, 0.3) is 5.91 Å². The molecule has 1 saturated heterocycles. The number of nitrogens with one attached hydrogen (secondary N) is 1. The van der Waals surface area contributed by atoms with Gasteiger partial charge in [-0.25, -0.2) is 0 Å². The lowest BCUT2D eigenvalue weighted by molar-refractivity contribution is -0.130. The summed E-state index contributed by atoms with van der Waals surface area (Å²) in [7, 11) is 0. The monoisotopic (exact) mass is 401 g/mol. The van der Waals surface area contributed by atoms with Gasteiger partial charge < -0.3 is 24.6 Å². The second-order valence-corrected chi connectivity index (χ2v) is 6.98. The maximum Gasteiger partial charge on any atom is 0.251 e.